The van der Waals surface area contributed by atoms with Gasteiger partial charge in [-0.15, -0.1) is 0 Å². The maximum Gasteiger partial charge on any atom is 0.282 e. The molecule has 1 N–H and O–H groups in total. The number of rotatable bonds is 8. The third kappa shape index (κ3) is 4.99. The number of aromatic nitrogens is 2. The molecule has 4 aromatic rings. The number of halogens is 1. The van der Waals surface area contributed by atoms with Crippen molar-refractivity contribution in [1.29, 1.82) is 0 Å². The van der Waals surface area contributed by atoms with E-state index in [-0.39, 0.29) is 23.7 Å². The van der Waals surface area contributed by atoms with E-state index in [4.69, 9.17) is 0 Å². The van der Waals surface area contributed by atoms with Crippen molar-refractivity contribution in [2.24, 2.45) is 0 Å². The average Bonchev–Trinajstić information content (AvgIpc) is 3.24. The van der Waals surface area contributed by atoms with Gasteiger partial charge in [0.2, 0.25) is 0 Å². The largest absolute Gasteiger partial charge is 0.328 e. The van der Waals surface area contributed by atoms with Crippen LogP contribution in [0.3, 0.4) is 0 Å². The van der Waals surface area contributed by atoms with E-state index in [1.165, 1.54) is 27.8 Å². The van der Waals surface area contributed by atoms with Crippen molar-refractivity contribution in [2.75, 3.05) is 6.54 Å². The van der Waals surface area contributed by atoms with Gasteiger partial charge in [0.1, 0.15) is 11.4 Å². The Balaban J connectivity index is 1.77. The number of amides is 1. The molecule has 0 aliphatic carbocycles. The Morgan fingerprint density at radius 3 is 2.26 bits per heavy atom. The predicted octanol–water partition coefficient (Wildman–Crippen LogP) is 5.10. The summed E-state index contributed by atoms with van der Waals surface area (Å²) in [5.41, 5.74) is 1.27. The van der Waals surface area contributed by atoms with Gasteiger partial charge in [-0.2, -0.15) is 0 Å². The van der Waals surface area contributed by atoms with Gasteiger partial charge in [-0.05, 0) is 43.7 Å². The van der Waals surface area contributed by atoms with Crippen LogP contribution in [0.2, 0.25) is 0 Å². The van der Waals surface area contributed by atoms with Crippen LogP contribution >= 0.6 is 0 Å². The van der Waals surface area contributed by atoms with Crippen LogP contribution in [0.4, 0.5) is 4.39 Å². The van der Waals surface area contributed by atoms with Crippen LogP contribution in [0.1, 0.15) is 41.0 Å². The predicted molar refractivity (Wildman–Crippen MR) is 133 cm³/mol. The Morgan fingerprint density at radius 1 is 0.971 bits per heavy atom. The van der Waals surface area contributed by atoms with Crippen molar-refractivity contribution < 1.29 is 14.0 Å². The molecule has 35 heavy (non-hydrogen) atoms. The highest BCUT2D eigenvalue weighted by molar-refractivity contribution is 6.05. The van der Waals surface area contributed by atoms with Crippen molar-refractivity contribution in [3.8, 4) is 16.9 Å². The highest BCUT2D eigenvalue weighted by Gasteiger charge is 2.29. The van der Waals surface area contributed by atoms with E-state index in [1.807, 2.05) is 50.2 Å². The lowest BCUT2D eigenvalue weighted by Crippen LogP contribution is -2.42. The first kappa shape index (κ1) is 23.9. The number of benzene rings is 3. The van der Waals surface area contributed by atoms with Crippen LogP contribution in [0, 0.1) is 5.82 Å². The Morgan fingerprint density at radius 2 is 1.63 bits per heavy atom. The van der Waals surface area contributed by atoms with E-state index >= 15 is 0 Å². The maximum atomic E-state index is 13.8. The molecule has 3 aromatic carbocycles. The summed E-state index contributed by atoms with van der Waals surface area (Å²) in [4.78, 5) is 41.7. The monoisotopic (exact) mass is 471 g/mol. The molecule has 7 heteroatoms. The molecule has 0 spiro atoms. The number of nitrogens with one attached hydrogen (secondary N) is 1. The molecule has 1 unspecified atom stereocenters. The second-order valence-electron chi connectivity index (χ2n) is 8.33. The Kier molecular flexibility index (Phi) is 7.06. The second-order valence-corrected chi connectivity index (χ2v) is 8.33. The van der Waals surface area contributed by atoms with Gasteiger partial charge in [0.15, 0.2) is 5.78 Å². The number of nitrogens with zero attached hydrogens (tertiary/aromatic N) is 2. The maximum absolute atomic E-state index is 13.8. The van der Waals surface area contributed by atoms with E-state index < -0.39 is 23.1 Å². The highest BCUT2D eigenvalue weighted by atomic mass is 19.1. The number of hydrogen-bond acceptors (Lipinski definition) is 3. The Hall–Kier alpha value is -4.26. The van der Waals surface area contributed by atoms with Crippen LogP contribution in [0.25, 0.3) is 16.9 Å². The number of Topliss-reactive ketones (excluding diaryl/α,β-unsaturated/α-hetero) is 1. The van der Waals surface area contributed by atoms with Crippen molar-refractivity contribution in [3.63, 3.8) is 0 Å². The SMILES string of the molecule is CCC(C)N(CC(=O)c1c(-c2ccccc2)[nH]n(-c2ccccc2)c1=O)C(=O)c1cccc(F)c1. The summed E-state index contributed by atoms with van der Waals surface area (Å²) >= 11 is 0. The molecular weight excluding hydrogens is 445 g/mol. The zero-order valence-electron chi connectivity index (χ0n) is 19.6. The lowest BCUT2D eigenvalue weighted by Gasteiger charge is -2.28. The minimum absolute atomic E-state index is 0.0274. The Labute approximate surface area is 202 Å². The molecule has 1 atom stereocenters. The van der Waals surface area contributed by atoms with E-state index in [0.29, 0.717) is 23.4 Å². The highest BCUT2D eigenvalue weighted by Crippen LogP contribution is 2.22. The molecule has 6 nitrogen and oxygen atoms in total. The van der Waals surface area contributed by atoms with Gasteiger partial charge in [-0.1, -0.05) is 61.5 Å². The minimum atomic E-state index is -0.533. The summed E-state index contributed by atoms with van der Waals surface area (Å²) in [5, 5.41) is 3.08. The summed E-state index contributed by atoms with van der Waals surface area (Å²) in [7, 11) is 0. The molecule has 1 aromatic heterocycles. The fourth-order valence-electron chi connectivity index (χ4n) is 3.94. The van der Waals surface area contributed by atoms with Crippen LogP contribution in [-0.2, 0) is 0 Å². The van der Waals surface area contributed by atoms with Gasteiger partial charge >= 0.3 is 0 Å². The third-order valence-electron chi connectivity index (χ3n) is 6.02. The molecule has 0 bridgehead atoms. The quantitative estimate of drug-likeness (QED) is 0.364. The van der Waals surface area contributed by atoms with Gasteiger partial charge in [0.05, 0.1) is 17.9 Å². The summed E-state index contributed by atoms with van der Waals surface area (Å²) in [6.45, 7) is 3.41. The zero-order valence-corrected chi connectivity index (χ0v) is 19.6. The van der Waals surface area contributed by atoms with E-state index in [2.05, 4.69) is 5.10 Å². The smallest absolute Gasteiger partial charge is 0.282 e. The van der Waals surface area contributed by atoms with Crippen molar-refractivity contribution in [3.05, 3.63) is 112 Å². The summed E-state index contributed by atoms with van der Waals surface area (Å²) in [5.74, 6) is -1.49. The van der Waals surface area contributed by atoms with E-state index in [0.717, 1.165) is 6.07 Å². The summed E-state index contributed by atoms with van der Waals surface area (Å²) in [6, 6.07) is 23.1. The molecule has 1 heterocycles. The molecule has 0 fully saturated rings. The molecule has 1 amide bonds. The molecule has 0 radical (unpaired) electrons. The fourth-order valence-corrected chi connectivity index (χ4v) is 3.94. The number of H-pyrrole nitrogens is 1. The standard InChI is InChI=1S/C28H26FN3O3/c1-3-19(2)31(27(34)21-13-10-14-22(29)17-21)18-24(33)25-26(20-11-6-4-7-12-20)30-32(28(25)35)23-15-8-5-9-16-23/h4-17,19,30H,3,18H2,1-2H3. The van der Waals surface area contributed by atoms with Crippen molar-refractivity contribution in [1.82, 2.24) is 14.7 Å². The number of ketones is 1. The minimum Gasteiger partial charge on any atom is -0.328 e. The molecule has 4 rings (SSSR count). The van der Waals surface area contributed by atoms with Gasteiger partial charge in [0.25, 0.3) is 11.5 Å². The normalized spacial score (nSPS) is 11.7. The molecule has 0 saturated heterocycles. The average molecular weight is 472 g/mol. The zero-order chi connectivity index (χ0) is 24.9. The summed E-state index contributed by atoms with van der Waals surface area (Å²) < 4.78 is 15.1. The molecular formula is C28H26FN3O3. The first-order valence-electron chi connectivity index (χ1n) is 11.5. The van der Waals surface area contributed by atoms with Crippen LogP contribution in [0.5, 0.6) is 0 Å². The lowest BCUT2D eigenvalue weighted by atomic mass is 10.0. The molecule has 0 aliphatic rings. The summed E-state index contributed by atoms with van der Waals surface area (Å²) in [6.07, 6.45) is 0.585. The van der Waals surface area contributed by atoms with Gasteiger partial charge in [-0.3, -0.25) is 19.5 Å². The van der Waals surface area contributed by atoms with Crippen molar-refractivity contribution >= 4 is 11.7 Å². The van der Waals surface area contributed by atoms with Crippen LogP contribution < -0.4 is 5.56 Å². The molecule has 178 valence electrons. The van der Waals surface area contributed by atoms with Gasteiger partial charge in [-0.25, -0.2) is 9.07 Å². The number of carbonyl (C=O) groups is 2. The van der Waals surface area contributed by atoms with Gasteiger partial charge < -0.3 is 4.90 Å². The first-order chi connectivity index (χ1) is 16.9. The first-order valence-corrected chi connectivity index (χ1v) is 11.5. The second kappa shape index (κ2) is 10.3. The number of para-hydroxylation sites is 1. The number of hydrogen-bond donors (Lipinski definition) is 1. The van der Waals surface area contributed by atoms with Gasteiger partial charge in [0, 0.05) is 17.2 Å². The molecule has 0 aliphatic heterocycles. The number of carbonyl (C=O) groups excluding carboxylic acids is 2. The topological polar surface area (TPSA) is 75.2 Å². The third-order valence-corrected chi connectivity index (χ3v) is 6.02. The Bertz CT molecular complexity index is 1390. The van der Waals surface area contributed by atoms with E-state index in [1.54, 1.807) is 24.3 Å². The molecule has 0 saturated carbocycles. The lowest BCUT2D eigenvalue weighted by molar-refractivity contribution is 0.0645. The van der Waals surface area contributed by atoms with Crippen LogP contribution in [0.15, 0.2) is 89.7 Å². The van der Waals surface area contributed by atoms with E-state index in [9.17, 15) is 18.8 Å². The fraction of sp³-hybridized carbons (Fsp3) is 0.179. The van der Waals surface area contributed by atoms with Crippen LogP contribution in [-0.4, -0.2) is 39.0 Å². The van der Waals surface area contributed by atoms with Crippen molar-refractivity contribution in [2.45, 2.75) is 26.3 Å². The number of aromatic amines is 1.